The zero-order valence-corrected chi connectivity index (χ0v) is 11.7. The van der Waals surface area contributed by atoms with Gasteiger partial charge in [0.15, 0.2) is 0 Å². The molecule has 0 spiro atoms. The van der Waals surface area contributed by atoms with Gasteiger partial charge in [-0.2, -0.15) is 0 Å². The molecule has 1 unspecified atom stereocenters. The fraction of sp³-hybridized carbons (Fsp3) is 0.833. The Bertz CT molecular complexity index is 318. The third-order valence-electron chi connectivity index (χ3n) is 3.41. The Hall–Kier alpha value is -0.750. The Kier molecular flexibility index (Phi) is 4.88. The van der Waals surface area contributed by atoms with Crippen molar-refractivity contribution in [2.24, 2.45) is 0 Å². The molecule has 0 aromatic carbocycles. The van der Waals surface area contributed by atoms with Gasteiger partial charge in [-0.25, -0.2) is 0 Å². The molecule has 18 heavy (non-hydrogen) atoms. The predicted molar refractivity (Wildman–Crippen MR) is 72.3 cm³/mol. The van der Waals surface area contributed by atoms with Crippen LogP contribution in [0.4, 0.5) is 0 Å². The summed E-state index contributed by atoms with van der Waals surface area (Å²) in [5.41, 5.74) is 0. The van der Waals surface area contributed by atoms with Crippen LogP contribution in [-0.4, -0.2) is 65.5 Å². The van der Waals surface area contributed by atoms with Crippen molar-refractivity contribution in [3.8, 4) is 0 Å². The average Bonchev–Trinajstić information content (AvgIpc) is 2.99. The third kappa shape index (κ3) is 3.17. The lowest BCUT2D eigenvalue weighted by Crippen LogP contribution is -2.47. The number of hydrogen-bond donors (Lipinski definition) is 1. The molecule has 0 aliphatic carbocycles. The van der Waals surface area contributed by atoms with Crippen LogP contribution in [0, 0.1) is 0 Å². The highest BCUT2D eigenvalue weighted by atomic mass is 32.2. The van der Waals surface area contributed by atoms with Crippen molar-refractivity contribution in [2.45, 2.75) is 25.8 Å². The topological polar surface area (TPSA) is 52.7 Å². The van der Waals surface area contributed by atoms with Gasteiger partial charge >= 0.3 is 0 Å². The largest absolute Gasteiger partial charge is 0.337 e. The highest BCUT2D eigenvalue weighted by molar-refractivity contribution is 8.00. The van der Waals surface area contributed by atoms with E-state index < -0.39 is 0 Å². The summed E-state index contributed by atoms with van der Waals surface area (Å²) in [5, 5.41) is 3.29. The monoisotopic (exact) mass is 271 g/mol. The second-order valence-corrected chi connectivity index (χ2v) is 5.76. The first kappa shape index (κ1) is 13.7. The van der Waals surface area contributed by atoms with Crippen LogP contribution in [-0.2, 0) is 9.59 Å². The number of amides is 2. The molecule has 0 bridgehead atoms. The first-order valence-electron chi connectivity index (χ1n) is 6.58. The first-order chi connectivity index (χ1) is 8.72. The summed E-state index contributed by atoms with van der Waals surface area (Å²) < 4.78 is 0. The van der Waals surface area contributed by atoms with E-state index in [2.05, 4.69) is 12.2 Å². The van der Waals surface area contributed by atoms with Crippen molar-refractivity contribution in [3.05, 3.63) is 0 Å². The van der Waals surface area contributed by atoms with Crippen LogP contribution in [0.3, 0.4) is 0 Å². The molecular formula is C12H21N3O2S. The van der Waals surface area contributed by atoms with Crippen LogP contribution < -0.4 is 5.32 Å². The zero-order chi connectivity index (χ0) is 13.0. The summed E-state index contributed by atoms with van der Waals surface area (Å²) in [6.45, 7) is 4.99. The minimum atomic E-state index is 0.0920. The molecule has 1 atom stereocenters. The maximum Gasteiger partial charge on any atom is 0.242 e. The van der Waals surface area contributed by atoms with Gasteiger partial charge < -0.3 is 15.1 Å². The van der Waals surface area contributed by atoms with Gasteiger partial charge in [0.25, 0.3) is 0 Å². The zero-order valence-electron chi connectivity index (χ0n) is 10.9. The maximum atomic E-state index is 12.3. The van der Waals surface area contributed by atoms with Gasteiger partial charge in [-0.05, 0) is 19.4 Å². The molecule has 0 saturated carbocycles. The molecule has 2 aliphatic rings. The summed E-state index contributed by atoms with van der Waals surface area (Å²) >= 11 is 1.58. The summed E-state index contributed by atoms with van der Waals surface area (Å²) in [4.78, 5) is 27.5. The third-order valence-corrected chi connectivity index (χ3v) is 4.36. The van der Waals surface area contributed by atoms with Crippen LogP contribution in [0.5, 0.6) is 0 Å². The number of nitrogens with zero attached hydrogens (tertiary/aromatic N) is 2. The highest BCUT2D eigenvalue weighted by Crippen LogP contribution is 2.16. The van der Waals surface area contributed by atoms with Crippen LogP contribution in [0.2, 0.25) is 0 Å². The highest BCUT2D eigenvalue weighted by Gasteiger charge is 2.29. The Morgan fingerprint density at radius 3 is 3.00 bits per heavy atom. The Morgan fingerprint density at radius 2 is 2.44 bits per heavy atom. The SMILES string of the molecule is CCCN(C(=O)CN1CSCC1=O)C1CCNC1. The minimum absolute atomic E-state index is 0.0920. The lowest BCUT2D eigenvalue weighted by Gasteiger charge is -2.29. The maximum absolute atomic E-state index is 12.3. The van der Waals surface area contributed by atoms with Gasteiger partial charge in [0.1, 0.15) is 6.54 Å². The van der Waals surface area contributed by atoms with Crippen molar-refractivity contribution >= 4 is 23.6 Å². The molecule has 2 saturated heterocycles. The van der Waals surface area contributed by atoms with Crippen molar-refractivity contribution < 1.29 is 9.59 Å². The number of carbonyl (C=O) groups excluding carboxylic acids is 2. The second kappa shape index (κ2) is 6.43. The Labute approximate surface area is 112 Å². The van der Waals surface area contributed by atoms with Crippen LogP contribution in [0.1, 0.15) is 19.8 Å². The van der Waals surface area contributed by atoms with Crippen LogP contribution >= 0.6 is 11.8 Å². The van der Waals surface area contributed by atoms with E-state index in [-0.39, 0.29) is 18.4 Å². The van der Waals surface area contributed by atoms with Gasteiger partial charge in [0.05, 0.1) is 11.6 Å². The minimum Gasteiger partial charge on any atom is -0.337 e. The van der Waals surface area contributed by atoms with E-state index in [4.69, 9.17) is 0 Å². The van der Waals surface area contributed by atoms with E-state index in [0.717, 1.165) is 32.5 Å². The predicted octanol–water partition coefficient (Wildman–Crippen LogP) is 0.120. The van der Waals surface area contributed by atoms with Gasteiger partial charge in [-0.3, -0.25) is 9.59 Å². The molecule has 6 heteroatoms. The molecule has 2 amide bonds. The summed E-state index contributed by atoms with van der Waals surface area (Å²) in [6, 6.07) is 0.308. The lowest BCUT2D eigenvalue weighted by molar-refractivity contribution is -0.139. The molecular weight excluding hydrogens is 250 g/mol. The number of thioether (sulfide) groups is 1. The van der Waals surface area contributed by atoms with E-state index in [1.54, 1.807) is 16.7 Å². The van der Waals surface area contributed by atoms with Crippen molar-refractivity contribution in [1.82, 2.24) is 15.1 Å². The second-order valence-electron chi connectivity index (χ2n) is 4.80. The fourth-order valence-electron chi connectivity index (χ4n) is 2.45. The molecule has 0 aromatic heterocycles. The summed E-state index contributed by atoms with van der Waals surface area (Å²) in [7, 11) is 0. The normalized spacial score (nSPS) is 23.7. The number of carbonyl (C=O) groups is 2. The Balaban J connectivity index is 1.92. The fourth-order valence-corrected chi connectivity index (χ4v) is 3.36. The molecule has 2 heterocycles. The smallest absolute Gasteiger partial charge is 0.242 e. The molecule has 2 aliphatic heterocycles. The number of nitrogens with one attached hydrogen (secondary N) is 1. The van der Waals surface area contributed by atoms with Gasteiger partial charge in [0, 0.05) is 19.1 Å². The quantitative estimate of drug-likeness (QED) is 0.772. The van der Waals surface area contributed by atoms with Crippen molar-refractivity contribution in [2.75, 3.05) is 37.8 Å². The average molecular weight is 271 g/mol. The van der Waals surface area contributed by atoms with Gasteiger partial charge in [-0.1, -0.05) is 6.92 Å². The Morgan fingerprint density at radius 1 is 1.61 bits per heavy atom. The summed E-state index contributed by atoms with van der Waals surface area (Å²) in [5.74, 6) is 1.37. The van der Waals surface area contributed by atoms with E-state index in [9.17, 15) is 9.59 Å². The van der Waals surface area contributed by atoms with E-state index in [0.29, 0.717) is 17.7 Å². The number of hydrogen-bond acceptors (Lipinski definition) is 4. The van der Waals surface area contributed by atoms with Crippen LogP contribution in [0.25, 0.3) is 0 Å². The molecule has 102 valence electrons. The molecule has 0 radical (unpaired) electrons. The van der Waals surface area contributed by atoms with Crippen molar-refractivity contribution in [1.29, 1.82) is 0 Å². The molecule has 2 fully saturated rings. The van der Waals surface area contributed by atoms with Gasteiger partial charge in [0.2, 0.25) is 11.8 Å². The van der Waals surface area contributed by atoms with Crippen LogP contribution in [0.15, 0.2) is 0 Å². The molecule has 5 nitrogen and oxygen atoms in total. The van der Waals surface area contributed by atoms with E-state index >= 15 is 0 Å². The first-order valence-corrected chi connectivity index (χ1v) is 7.73. The molecule has 1 N–H and O–H groups in total. The van der Waals surface area contributed by atoms with E-state index in [1.807, 2.05) is 4.90 Å². The molecule has 2 rings (SSSR count). The summed E-state index contributed by atoms with van der Waals surface area (Å²) in [6.07, 6.45) is 1.99. The lowest BCUT2D eigenvalue weighted by atomic mass is 10.2. The standard InChI is InChI=1S/C12H21N3O2S/c1-2-5-15(10-3-4-13-6-10)11(16)7-14-9-18-8-12(14)17/h10,13H,2-9H2,1H3. The van der Waals surface area contributed by atoms with Gasteiger partial charge in [-0.15, -0.1) is 11.8 Å². The molecule has 0 aromatic rings. The van der Waals surface area contributed by atoms with Crippen molar-refractivity contribution in [3.63, 3.8) is 0 Å². The van der Waals surface area contributed by atoms with E-state index in [1.165, 1.54) is 0 Å². The number of rotatable bonds is 5.